The van der Waals surface area contributed by atoms with Crippen LogP contribution in [0.3, 0.4) is 0 Å². The van der Waals surface area contributed by atoms with Gasteiger partial charge in [0.2, 0.25) is 0 Å². The van der Waals surface area contributed by atoms with Gasteiger partial charge in [0.15, 0.2) is 5.82 Å². The van der Waals surface area contributed by atoms with E-state index in [2.05, 4.69) is 28.6 Å². The fraction of sp³-hybridized carbons (Fsp3) is 0.391. The second kappa shape index (κ2) is 8.70. The summed E-state index contributed by atoms with van der Waals surface area (Å²) in [6.07, 6.45) is 0. The molecule has 0 saturated carbocycles. The monoisotopic (exact) mass is 442 g/mol. The number of benzene rings is 1. The second-order valence-electron chi connectivity index (χ2n) is 8.34. The summed E-state index contributed by atoms with van der Waals surface area (Å²) in [7, 11) is 0. The number of ether oxygens (including phenoxy) is 1. The minimum atomic E-state index is -0.328. The van der Waals surface area contributed by atoms with Crippen LogP contribution in [0.25, 0.3) is 5.00 Å². The summed E-state index contributed by atoms with van der Waals surface area (Å²) in [5, 5.41) is 9.53. The maximum Gasteiger partial charge on any atom is 0.303 e. The van der Waals surface area contributed by atoms with Crippen LogP contribution in [0.5, 0.6) is 0 Å². The summed E-state index contributed by atoms with van der Waals surface area (Å²) in [6.45, 7) is 13.6. The highest BCUT2D eigenvalue weighted by molar-refractivity contribution is 7.15. The Bertz CT molecular complexity index is 1140. The van der Waals surface area contributed by atoms with Crippen molar-refractivity contribution < 1.29 is 13.9 Å². The van der Waals surface area contributed by atoms with Crippen molar-refractivity contribution in [1.29, 1.82) is 0 Å². The van der Waals surface area contributed by atoms with Crippen molar-refractivity contribution in [3.63, 3.8) is 0 Å². The zero-order valence-electron chi connectivity index (χ0n) is 18.9. The number of esters is 1. The number of aryl methyl sites for hydroxylation is 2. The molecule has 0 amide bonds. The third kappa shape index (κ3) is 5.07. The number of carbonyl (C=O) groups is 1. The van der Waals surface area contributed by atoms with Gasteiger partial charge in [-0.25, -0.2) is 4.39 Å². The fourth-order valence-electron chi connectivity index (χ4n) is 3.32. The number of hydrogen-bond acceptors (Lipinski definition) is 6. The van der Waals surface area contributed by atoms with Crippen LogP contribution in [0, 0.1) is 26.6 Å². The molecule has 31 heavy (non-hydrogen) atoms. The third-order valence-electron chi connectivity index (χ3n) is 4.64. The van der Waals surface area contributed by atoms with E-state index in [1.807, 2.05) is 27.7 Å². The predicted octanol–water partition coefficient (Wildman–Crippen LogP) is 5.09. The average molecular weight is 443 g/mol. The third-order valence-corrected chi connectivity index (χ3v) is 5.84. The molecule has 3 heterocycles. The first-order valence-corrected chi connectivity index (χ1v) is 10.8. The Hall–Kier alpha value is -2.87. The Morgan fingerprint density at radius 2 is 1.77 bits per heavy atom. The van der Waals surface area contributed by atoms with Crippen molar-refractivity contribution in [1.82, 2.24) is 14.8 Å². The van der Waals surface area contributed by atoms with E-state index in [1.54, 1.807) is 23.5 Å². The van der Waals surface area contributed by atoms with Gasteiger partial charge < -0.3 is 4.74 Å². The highest BCUT2D eigenvalue weighted by Gasteiger charge is 2.26. The smallest absolute Gasteiger partial charge is 0.303 e. The van der Waals surface area contributed by atoms with Crippen molar-refractivity contribution in [2.24, 2.45) is 4.99 Å². The molecule has 0 radical (unpaired) electrons. The number of hydrogen-bond donors (Lipinski definition) is 0. The highest BCUT2D eigenvalue weighted by atomic mass is 32.1. The summed E-state index contributed by atoms with van der Waals surface area (Å²) in [6, 6.07) is 6.51. The number of carbonyl (C=O) groups excluding carboxylic acids is 1. The summed E-state index contributed by atoms with van der Waals surface area (Å²) in [5.41, 5.74) is 3.79. The summed E-state index contributed by atoms with van der Waals surface area (Å²) in [4.78, 5) is 16.2. The van der Waals surface area contributed by atoms with Gasteiger partial charge >= 0.3 is 5.97 Å². The van der Waals surface area contributed by atoms with Gasteiger partial charge in [-0.15, -0.1) is 21.5 Å². The molecular formula is C23H27FN4O2S. The first kappa shape index (κ1) is 22.8. The maximum atomic E-state index is 13.3. The van der Waals surface area contributed by atoms with E-state index in [9.17, 15) is 9.18 Å². The van der Waals surface area contributed by atoms with Crippen LogP contribution in [0.4, 0.5) is 4.39 Å². The molecule has 1 aromatic carbocycles. The quantitative estimate of drug-likeness (QED) is 0.492. The Morgan fingerprint density at radius 1 is 1.13 bits per heavy atom. The zero-order valence-corrected chi connectivity index (χ0v) is 19.7. The first-order chi connectivity index (χ1) is 14.5. The minimum absolute atomic E-state index is 0.225. The number of halogens is 1. The molecule has 1 aliphatic rings. The van der Waals surface area contributed by atoms with E-state index in [0.717, 1.165) is 33.5 Å². The van der Waals surface area contributed by atoms with Crippen LogP contribution in [-0.2, 0) is 16.1 Å². The van der Waals surface area contributed by atoms with Gasteiger partial charge in [-0.1, -0.05) is 0 Å². The molecule has 0 bridgehead atoms. The first-order valence-electron chi connectivity index (χ1n) is 9.99. The molecule has 164 valence electrons. The van der Waals surface area contributed by atoms with Gasteiger partial charge in [-0.3, -0.25) is 14.4 Å². The van der Waals surface area contributed by atoms with Crippen molar-refractivity contribution in [2.45, 2.75) is 60.6 Å². The van der Waals surface area contributed by atoms with Crippen LogP contribution < -0.4 is 0 Å². The molecule has 0 unspecified atom stereocenters. The van der Waals surface area contributed by atoms with Crippen molar-refractivity contribution in [3.05, 3.63) is 63.3 Å². The van der Waals surface area contributed by atoms with E-state index < -0.39 is 0 Å². The predicted molar refractivity (Wildman–Crippen MR) is 121 cm³/mol. The normalized spacial score (nSPS) is 12.7. The number of thiophene rings is 1. The molecule has 8 heteroatoms. The largest absolute Gasteiger partial charge is 0.460 e. The van der Waals surface area contributed by atoms with E-state index in [-0.39, 0.29) is 17.4 Å². The van der Waals surface area contributed by atoms with Crippen LogP contribution in [0.2, 0.25) is 0 Å². The Morgan fingerprint density at radius 3 is 2.32 bits per heavy atom. The van der Waals surface area contributed by atoms with Gasteiger partial charge in [-0.05, 0) is 71.4 Å². The SMILES string of the molecule is CC(=O)OC(C)(C)C.Cc1sc2c(c1C)C(c1ccc(F)cc1)=NCc1nnc(C)n1-2. The second-order valence-corrected chi connectivity index (χ2v) is 9.54. The van der Waals surface area contributed by atoms with Crippen LogP contribution in [0.15, 0.2) is 29.3 Å². The minimum Gasteiger partial charge on any atom is -0.460 e. The molecule has 0 N–H and O–H groups in total. The van der Waals surface area contributed by atoms with Crippen molar-refractivity contribution in [2.75, 3.05) is 0 Å². The zero-order chi connectivity index (χ0) is 22.9. The molecule has 0 spiro atoms. The lowest BCUT2D eigenvalue weighted by atomic mass is 10.00. The van der Waals surface area contributed by atoms with Crippen molar-refractivity contribution >= 4 is 23.0 Å². The maximum absolute atomic E-state index is 13.3. The van der Waals surface area contributed by atoms with Gasteiger partial charge in [0, 0.05) is 22.9 Å². The Labute approximate surface area is 185 Å². The molecule has 3 aromatic rings. The lowest BCUT2D eigenvalue weighted by Gasteiger charge is -2.17. The van der Waals surface area contributed by atoms with Crippen molar-refractivity contribution in [3.8, 4) is 5.00 Å². The standard InChI is InChI=1S/C17H15FN4S.C6H12O2/c1-9-10(2)23-17-15(9)16(12-4-6-13(18)7-5-12)19-8-14-21-20-11(3)22(14)17;1-5(7)8-6(2,3)4/h4-7H,8H2,1-3H3;1-4H3. The number of aromatic nitrogens is 3. The van der Waals surface area contributed by atoms with Gasteiger partial charge in [0.25, 0.3) is 0 Å². The summed E-state index contributed by atoms with van der Waals surface area (Å²) in [5.74, 6) is 1.23. The van der Waals surface area contributed by atoms with E-state index in [4.69, 9.17) is 9.73 Å². The summed E-state index contributed by atoms with van der Waals surface area (Å²) >= 11 is 1.72. The Balaban J connectivity index is 0.000000293. The molecule has 6 nitrogen and oxygen atoms in total. The van der Waals surface area contributed by atoms with Gasteiger partial charge in [0.1, 0.15) is 28.8 Å². The van der Waals surface area contributed by atoms with Crippen LogP contribution in [0.1, 0.15) is 60.9 Å². The van der Waals surface area contributed by atoms with Gasteiger partial charge in [0.05, 0.1) is 5.71 Å². The topological polar surface area (TPSA) is 69.4 Å². The van der Waals surface area contributed by atoms with Gasteiger partial charge in [-0.2, -0.15) is 0 Å². The fourth-order valence-corrected chi connectivity index (χ4v) is 4.55. The average Bonchev–Trinajstić information content (AvgIpc) is 3.09. The molecule has 1 aliphatic heterocycles. The molecular weight excluding hydrogens is 415 g/mol. The number of nitrogens with zero attached hydrogens (tertiary/aromatic N) is 4. The highest BCUT2D eigenvalue weighted by Crippen LogP contribution is 2.36. The molecule has 0 saturated heterocycles. The number of fused-ring (bicyclic) bond motifs is 3. The van der Waals surface area contributed by atoms with Crippen LogP contribution >= 0.6 is 11.3 Å². The molecule has 2 aromatic heterocycles. The molecule has 4 rings (SSSR count). The van der Waals surface area contributed by atoms with E-state index >= 15 is 0 Å². The number of rotatable bonds is 1. The van der Waals surface area contributed by atoms with E-state index in [1.165, 1.54) is 29.5 Å². The molecule has 0 atom stereocenters. The number of aliphatic imine (C=N–C) groups is 1. The molecule has 0 fully saturated rings. The summed E-state index contributed by atoms with van der Waals surface area (Å²) < 4.78 is 20.2. The van der Waals surface area contributed by atoms with Crippen LogP contribution in [-0.4, -0.2) is 32.0 Å². The molecule has 0 aliphatic carbocycles. The lowest BCUT2D eigenvalue weighted by Crippen LogP contribution is -2.21. The lowest BCUT2D eigenvalue weighted by molar-refractivity contribution is -0.151. The van der Waals surface area contributed by atoms with E-state index in [0.29, 0.717) is 6.54 Å². The Kier molecular flexibility index (Phi) is 6.40.